The van der Waals surface area contributed by atoms with Gasteiger partial charge in [0, 0.05) is 11.6 Å². The molecule has 0 saturated carbocycles. The van der Waals surface area contributed by atoms with E-state index < -0.39 is 5.97 Å². The Balaban J connectivity index is 1.80. The molecule has 3 rings (SSSR count). The Morgan fingerprint density at radius 2 is 1.97 bits per heavy atom. The zero-order valence-corrected chi connectivity index (χ0v) is 17.2. The first-order valence-corrected chi connectivity index (χ1v) is 9.09. The van der Waals surface area contributed by atoms with Crippen molar-refractivity contribution in [1.82, 2.24) is 5.16 Å². The predicted octanol–water partition coefficient (Wildman–Crippen LogP) is 3.94. The third kappa shape index (κ3) is 4.43. The highest BCUT2D eigenvalue weighted by atomic mass is 16.6. The quantitative estimate of drug-likeness (QED) is 0.183. The van der Waals surface area contributed by atoms with Crippen LogP contribution in [0.1, 0.15) is 23.7 Å². The van der Waals surface area contributed by atoms with Gasteiger partial charge in [0.25, 0.3) is 0 Å². The summed E-state index contributed by atoms with van der Waals surface area (Å²) >= 11 is 0. The number of rotatable bonds is 8. The fraction of sp³-hybridized carbons (Fsp3) is 0.227. The van der Waals surface area contributed by atoms with E-state index in [0.717, 1.165) is 10.9 Å². The Kier molecular flexibility index (Phi) is 6.69. The molecule has 0 atom stereocenters. The molecule has 0 aliphatic carbocycles. The minimum atomic E-state index is -0.506. The van der Waals surface area contributed by atoms with Gasteiger partial charge in [-0.2, -0.15) is 0 Å². The van der Waals surface area contributed by atoms with Crippen molar-refractivity contribution in [3.63, 3.8) is 0 Å². The zero-order valence-electron chi connectivity index (χ0n) is 17.2. The van der Waals surface area contributed by atoms with E-state index in [9.17, 15) is 4.79 Å². The van der Waals surface area contributed by atoms with Gasteiger partial charge in [0.1, 0.15) is 29.3 Å². The van der Waals surface area contributed by atoms with Crippen molar-refractivity contribution in [2.24, 2.45) is 5.16 Å². The first kappa shape index (κ1) is 20.9. The number of nitrogens with zero attached hydrogens (tertiary/aromatic N) is 2. The van der Waals surface area contributed by atoms with Crippen molar-refractivity contribution in [3.05, 3.63) is 65.5 Å². The lowest BCUT2D eigenvalue weighted by atomic mass is 10.0. The van der Waals surface area contributed by atoms with Crippen LogP contribution in [0.2, 0.25) is 0 Å². The van der Waals surface area contributed by atoms with E-state index in [-0.39, 0.29) is 12.2 Å². The average molecular weight is 410 g/mol. The van der Waals surface area contributed by atoms with Crippen LogP contribution in [0.25, 0.3) is 16.5 Å². The summed E-state index contributed by atoms with van der Waals surface area (Å²) in [6.07, 6.45) is 1.34. The van der Waals surface area contributed by atoms with Crippen LogP contribution in [-0.4, -0.2) is 38.2 Å². The van der Waals surface area contributed by atoms with Gasteiger partial charge in [-0.25, -0.2) is 4.79 Å². The van der Waals surface area contributed by atoms with Crippen molar-refractivity contribution in [2.45, 2.75) is 13.5 Å². The van der Waals surface area contributed by atoms with Gasteiger partial charge in [-0.1, -0.05) is 34.6 Å². The predicted molar refractivity (Wildman–Crippen MR) is 111 cm³/mol. The van der Waals surface area contributed by atoms with Crippen molar-refractivity contribution in [2.75, 3.05) is 21.3 Å². The van der Waals surface area contributed by atoms with Gasteiger partial charge in [-0.05, 0) is 24.6 Å². The monoisotopic (exact) mass is 410 g/mol. The van der Waals surface area contributed by atoms with E-state index in [1.54, 1.807) is 26.2 Å². The van der Waals surface area contributed by atoms with Crippen LogP contribution in [0.3, 0.4) is 0 Å². The molecule has 0 aliphatic rings. The van der Waals surface area contributed by atoms with Crippen molar-refractivity contribution in [1.29, 1.82) is 0 Å². The van der Waals surface area contributed by atoms with E-state index in [1.807, 2.05) is 30.3 Å². The standard InChI is InChI=1S/C22H22N2O6/c1-14(21-18-10-9-16(27-3)11-20(18)30-24-21)23-29-12-15-7-5-6-8-17(15)19(13-26-2)22(25)28-4/h5-11,13H,12H2,1-4H3. The van der Waals surface area contributed by atoms with Gasteiger partial charge in [-0.3, -0.25) is 0 Å². The molecule has 156 valence electrons. The number of ether oxygens (including phenoxy) is 3. The van der Waals surface area contributed by atoms with Crippen LogP contribution >= 0.6 is 0 Å². The number of benzene rings is 2. The molecular formula is C22H22N2O6. The average Bonchev–Trinajstić information content (AvgIpc) is 3.20. The molecule has 8 heteroatoms. The van der Waals surface area contributed by atoms with E-state index >= 15 is 0 Å². The lowest BCUT2D eigenvalue weighted by molar-refractivity contribution is -0.133. The Bertz CT molecular complexity index is 1100. The molecule has 3 aromatic rings. The smallest absolute Gasteiger partial charge is 0.341 e. The Labute approximate surface area is 173 Å². The van der Waals surface area contributed by atoms with Gasteiger partial charge in [0.2, 0.25) is 0 Å². The molecule has 30 heavy (non-hydrogen) atoms. The van der Waals surface area contributed by atoms with Crippen LogP contribution < -0.4 is 4.74 Å². The summed E-state index contributed by atoms with van der Waals surface area (Å²) in [4.78, 5) is 17.6. The van der Waals surface area contributed by atoms with Gasteiger partial charge >= 0.3 is 5.97 Å². The second-order valence-corrected chi connectivity index (χ2v) is 6.26. The highest BCUT2D eigenvalue weighted by Gasteiger charge is 2.17. The molecule has 0 bridgehead atoms. The summed E-state index contributed by atoms with van der Waals surface area (Å²) in [7, 11) is 4.37. The highest BCUT2D eigenvalue weighted by Crippen LogP contribution is 2.25. The Hall–Kier alpha value is -3.81. The number of carbonyl (C=O) groups is 1. The lowest BCUT2D eigenvalue weighted by Crippen LogP contribution is -2.07. The van der Waals surface area contributed by atoms with E-state index in [1.165, 1.54) is 20.5 Å². The first-order valence-electron chi connectivity index (χ1n) is 9.09. The molecule has 1 heterocycles. The first-order chi connectivity index (χ1) is 14.6. The number of aromatic nitrogens is 1. The topological polar surface area (TPSA) is 92.4 Å². The minimum Gasteiger partial charge on any atom is -0.503 e. The van der Waals surface area contributed by atoms with Crippen molar-refractivity contribution in [3.8, 4) is 5.75 Å². The normalized spacial score (nSPS) is 12.0. The van der Waals surface area contributed by atoms with Crippen LogP contribution in [0.4, 0.5) is 0 Å². The largest absolute Gasteiger partial charge is 0.503 e. The number of carbonyl (C=O) groups excluding carboxylic acids is 1. The summed E-state index contributed by atoms with van der Waals surface area (Å²) in [5.41, 5.74) is 3.40. The number of methoxy groups -OCH3 is 3. The molecular weight excluding hydrogens is 388 g/mol. The maximum Gasteiger partial charge on any atom is 0.341 e. The maximum atomic E-state index is 12.1. The third-order valence-corrected chi connectivity index (χ3v) is 4.39. The molecule has 2 aromatic carbocycles. The second kappa shape index (κ2) is 9.60. The fourth-order valence-electron chi connectivity index (χ4n) is 2.91. The highest BCUT2D eigenvalue weighted by molar-refractivity contribution is 6.16. The molecule has 0 unspecified atom stereocenters. The molecule has 0 saturated heterocycles. The summed E-state index contributed by atoms with van der Waals surface area (Å²) in [5.74, 6) is 0.173. The molecule has 0 amide bonds. The fourth-order valence-corrected chi connectivity index (χ4v) is 2.91. The minimum absolute atomic E-state index is 0.134. The van der Waals surface area contributed by atoms with Gasteiger partial charge < -0.3 is 23.6 Å². The maximum absolute atomic E-state index is 12.1. The van der Waals surface area contributed by atoms with Crippen molar-refractivity contribution >= 4 is 28.2 Å². The molecule has 0 N–H and O–H groups in total. The summed E-state index contributed by atoms with van der Waals surface area (Å²) in [6.45, 7) is 1.91. The summed E-state index contributed by atoms with van der Waals surface area (Å²) in [5, 5.41) is 9.04. The van der Waals surface area contributed by atoms with Crippen LogP contribution in [0.15, 0.2) is 58.4 Å². The van der Waals surface area contributed by atoms with Gasteiger partial charge in [0.05, 0.1) is 33.0 Å². The van der Waals surface area contributed by atoms with E-state index in [0.29, 0.717) is 28.3 Å². The number of esters is 1. The van der Waals surface area contributed by atoms with Crippen LogP contribution in [0, 0.1) is 0 Å². The molecule has 0 spiro atoms. The SMILES string of the molecule is COC=C(C(=O)OC)c1ccccc1CON=C(C)c1noc2cc(OC)ccc12. The number of fused-ring (bicyclic) bond motifs is 1. The second-order valence-electron chi connectivity index (χ2n) is 6.26. The number of oxime groups is 1. The van der Waals surface area contributed by atoms with Gasteiger partial charge in [0.15, 0.2) is 5.58 Å². The molecule has 0 aliphatic heterocycles. The van der Waals surface area contributed by atoms with E-state index in [2.05, 4.69) is 10.3 Å². The molecule has 0 radical (unpaired) electrons. The lowest BCUT2D eigenvalue weighted by Gasteiger charge is -2.11. The van der Waals surface area contributed by atoms with Crippen LogP contribution in [-0.2, 0) is 25.7 Å². The Morgan fingerprint density at radius 3 is 2.70 bits per heavy atom. The molecule has 0 fully saturated rings. The Morgan fingerprint density at radius 1 is 1.17 bits per heavy atom. The zero-order chi connectivity index (χ0) is 21.5. The third-order valence-electron chi connectivity index (χ3n) is 4.39. The van der Waals surface area contributed by atoms with E-state index in [4.69, 9.17) is 23.6 Å². The van der Waals surface area contributed by atoms with Gasteiger partial charge in [-0.15, -0.1) is 0 Å². The summed E-state index contributed by atoms with van der Waals surface area (Å²) < 4.78 is 20.4. The molecule has 8 nitrogen and oxygen atoms in total. The summed E-state index contributed by atoms with van der Waals surface area (Å²) in [6, 6.07) is 12.7. The molecule has 1 aromatic heterocycles. The van der Waals surface area contributed by atoms with Crippen molar-refractivity contribution < 1.29 is 28.4 Å². The number of hydrogen-bond donors (Lipinski definition) is 0. The van der Waals surface area contributed by atoms with Crippen LogP contribution in [0.5, 0.6) is 5.75 Å². The number of hydrogen-bond acceptors (Lipinski definition) is 8.